The van der Waals surface area contributed by atoms with Gasteiger partial charge in [0.25, 0.3) is 5.91 Å². The summed E-state index contributed by atoms with van der Waals surface area (Å²) in [5.41, 5.74) is 2.10. The minimum Gasteiger partial charge on any atom is -0.349 e. The molecule has 0 aromatic heterocycles. The lowest BCUT2D eigenvalue weighted by Crippen LogP contribution is -2.29. The Hall–Kier alpha value is -1.35. The zero-order valence-electron chi connectivity index (χ0n) is 13.1. The lowest BCUT2D eigenvalue weighted by atomic mass is 10.1. The summed E-state index contributed by atoms with van der Waals surface area (Å²) in [5.74, 6) is 0.777. The molecule has 1 aromatic carbocycles. The first-order valence-electron chi connectivity index (χ1n) is 8.25. The molecule has 21 heavy (non-hydrogen) atoms. The Morgan fingerprint density at radius 1 is 1.19 bits per heavy atom. The maximum absolute atomic E-state index is 12.0. The van der Waals surface area contributed by atoms with Crippen molar-refractivity contribution >= 4 is 5.91 Å². The molecule has 0 spiro atoms. The van der Waals surface area contributed by atoms with Gasteiger partial charge in [-0.3, -0.25) is 9.69 Å². The standard InChI is InChI=1S/C18H26N2O/c1-13(2)11-20(17-9-10-17)12-14-3-5-15(6-4-14)18(21)19-16-7-8-16/h3-6,13,16-17H,7-12H2,1-2H3,(H,19,21). The van der Waals surface area contributed by atoms with E-state index in [1.165, 1.54) is 18.4 Å². The molecule has 0 aliphatic heterocycles. The van der Waals surface area contributed by atoms with Crippen LogP contribution in [0.3, 0.4) is 0 Å². The van der Waals surface area contributed by atoms with E-state index in [4.69, 9.17) is 0 Å². The van der Waals surface area contributed by atoms with Crippen LogP contribution >= 0.6 is 0 Å². The van der Waals surface area contributed by atoms with Crippen molar-refractivity contribution in [3.8, 4) is 0 Å². The van der Waals surface area contributed by atoms with E-state index in [2.05, 4.69) is 36.2 Å². The van der Waals surface area contributed by atoms with E-state index >= 15 is 0 Å². The average molecular weight is 286 g/mol. The summed E-state index contributed by atoms with van der Waals surface area (Å²) in [6.07, 6.45) is 4.95. The lowest BCUT2D eigenvalue weighted by molar-refractivity contribution is 0.0951. The number of carbonyl (C=O) groups is 1. The van der Waals surface area contributed by atoms with Crippen LogP contribution in [-0.2, 0) is 6.54 Å². The molecular formula is C18H26N2O. The van der Waals surface area contributed by atoms with Crippen molar-refractivity contribution in [2.45, 2.75) is 58.2 Å². The third-order valence-corrected chi connectivity index (χ3v) is 4.18. The molecule has 2 aliphatic carbocycles. The summed E-state index contributed by atoms with van der Waals surface area (Å²) in [6.45, 7) is 6.73. The van der Waals surface area contributed by atoms with Crippen molar-refractivity contribution < 1.29 is 4.79 Å². The van der Waals surface area contributed by atoms with Gasteiger partial charge < -0.3 is 5.32 Å². The van der Waals surface area contributed by atoms with Gasteiger partial charge >= 0.3 is 0 Å². The second kappa shape index (κ2) is 6.18. The first-order valence-corrected chi connectivity index (χ1v) is 8.25. The SMILES string of the molecule is CC(C)CN(Cc1ccc(C(=O)NC2CC2)cc1)C1CC1. The molecule has 3 heteroatoms. The molecule has 1 aromatic rings. The molecule has 0 atom stereocenters. The smallest absolute Gasteiger partial charge is 0.251 e. The Balaban J connectivity index is 1.58. The van der Waals surface area contributed by atoms with Crippen LogP contribution in [0.25, 0.3) is 0 Å². The number of rotatable bonds is 7. The van der Waals surface area contributed by atoms with Crippen LogP contribution in [0, 0.1) is 5.92 Å². The van der Waals surface area contributed by atoms with E-state index in [0.717, 1.165) is 37.5 Å². The van der Waals surface area contributed by atoms with Crippen LogP contribution in [0.2, 0.25) is 0 Å². The van der Waals surface area contributed by atoms with Crippen molar-refractivity contribution in [1.82, 2.24) is 10.2 Å². The van der Waals surface area contributed by atoms with Crippen molar-refractivity contribution in [3.05, 3.63) is 35.4 Å². The van der Waals surface area contributed by atoms with Crippen LogP contribution in [0.4, 0.5) is 0 Å². The van der Waals surface area contributed by atoms with E-state index in [9.17, 15) is 4.79 Å². The van der Waals surface area contributed by atoms with Crippen molar-refractivity contribution in [2.24, 2.45) is 5.92 Å². The fraction of sp³-hybridized carbons (Fsp3) is 0.611. The molecule has 0 unspecified atom stereocenters. The molecule has 2 aliphatic rings. The molecule has 0 heterocycles. The molecule has 0 saturated heterocycles. The number of benzene rings is 1. The largest absolute Gasteiger partial charge is 0.349 e. The van der Waals surface area contributed by atoms with Gasteiger partial charge in [-0.2, -0.15) is 0 Å². The average Bonchev–Trinajstić information content (AvgIpc) is 3.32. The van der Waals surface area contributed by atoms with Gasteiger partial charge in [0.15, 0.2) is 0 Å². The van der Waals surface area contributed by atoms with Crippen LogP contribution in [0.15, 0.2) is 24.3 Å². The molecule has 1 amide bonds. The first-order chi connectivity index (χ1) is 10.1. The minimum absolute atomic E-state index is 0.0743. The molecule has 0 radical (unpaired) electrons. The van der Waals surface area contributed by atoms with E-state index in [0.29, 0.717) is 12.0 Å². The normalized spacial score (nSPS) is 18.3. The van der Waals surface area contributed by atoms with Crippen LogP contribution in [0.1, 0.15) is 55.5 Å². The highest BCUT2D eigenvalue weighted by Crippen LogP contribution is 2.29. The number of hydrogen-bond acceptors (Lipinski definition) is 2. The first kappa shape index (κ1) is 14.6. The fourth-order valence-corrected chi connectivity index (χ4v) is 2.74. The molecule has 114 valence electrons. The predicted molar refractivity (Wildman–Crippen MR) is 85.2 cm³/mol. The van der Waals surface area contributed by atoms with Gasteiger partial charge in [0.2, 0.25) is 0 Å². The zero-order valence-corrected chi connectivity index (χ0v) is 13.1. The van der Waals surface area contributed by atoms with Gasteiger partial charge in [-0.15, -0.1) is 0 Å². The van der Waals surface area contributed by atoms with E-state index in [1.807, 2.05) is 12.1 Å². The second-order valence-electron chi connectivity index (χ2n) is 7.00. The number of hydrogen-bond donors (Lipinski definition) is 1. The van der Waals surface area contributed by atoms with E-state index in [1.54, 1.807) is 0 Å². The Labute approximate surface area is 127 Å². The summed E-state index contributed by atoms with van der Waals surface area (Å²) in [6, 6.07) is 9.36. The third-order valence-electron chi connectivity index (χ3n) is 4.18. The highest BCUT2D eigenvalue weighted by molar-refractivity contribution is 5.94. The van der Waals surface area contributed by atoms with Crippen molar-refractivity contribution in [2.75, 3.05) is 6.54 Å². The Bertz CT molecular complexity index is 486. The van der Waals surface area contributed by atoms with Gasteiger partial charge in [0.1, 0.15) is 0 Å². The summed E-state index contributed by atoms with van der Waals surface area (Å²) in [4.78, 5) is 14.6. The van der Waals surface area contributed by atoms with Crippen LogP contribution < -0.4 is 5.32 Å². The number of carbonyl (C=O) groups excluding carboxylic acids is 1. The van der Waals surface area contributed by atoms with Crippen LogP contribution in [-0.4, -0.2) is 29.4 Å². The topological polar surface area (TPSA) is 32.3 Å². The molecular weight excluding hydrogens is 260 g/mol. The highest BCUT2D eigenvalue weighted by Gasteiger charge is 2.29. The quantitative estimate of drug-likeness (QED) is 0.835. The maximum Gasteiger partial charge on any atom is 0.251 e. The second-order valence-corrected chi connectivity index (χ2v) is 7.00. The summed E-state index contributed by atoms with van der Waals surface area (Å²) < 4.78 is 0. The van der Waals surface area contributed by atoms with Crippen molar-refractivity contribution in [1.29, 1.82) is 0 Å². The number of nitrogens with one attached hydrogen (secondary N) is 1. The molecule has 1 N–H and O–H groups in total. The lowest BCUT2D eigenvalue weighted by Gasteiger charge is -2.24. The monoisotopic (exact) mass is 286 g/mol. The summed E-state index contributed by atoms with van der Waals surface area (Å²) in [7, 11) is 0. The number of amides is 1. The minimum atomic E-state index is 0.0743. The van der Waals surface area contributed by atoms with Gasteiger partial charge in [-0.05, 0) is 49.3 Å². The van der Waals surface area contributed by atoms with Gasteiger partial charge in [0, 0.05) is 30.7 Å². The Kier molecular flexibility index (Phi) is 4.29. The zero-order chi connectivity index (χ0) is 14.8. The van der Waals surface area contributed by atoms with Crippen LogP contribution in [0.5, 0.6) is 0 Å². The number of nitrogens with zero attached hydrogens (tertiary/aromatic N) is 1. The fourth-order valence-electron chi connectivity index (χ4n) is 2.74. The summed E-state index contributed by atoms with van der Waals surface area (Å²) in [5, 5.41) is 3.04. The maximum atomic E-state index is 12.0. The van der Waals surface area contributed by atoms with Gasteiger partial charge in [0.05, 0.1) is 0 Å². The summed E-state index contributed by atoms with van der Waals surface area (Å²) >= 11 is 0. The van der Waals surface area contributed by atoms with E-state index in [-0.39, 0.29) is 5.91 Å². The molecule has 3 rings (SSSR count). The van der Waals surface area contributed by atoms with Gasteiger partial charge in [-0.1, -0.05) is 26.0 Å². The molecule has 2 fully saturated rings. The molecule has 2 saturated carbocycles. The molecule has 0 bridgehead atoms. The van der Waals surface area contributed by atoms with Gasteiger partial charge in [-0.25, -0.2) is 0 Å². The Morgan fingerprint density at radius 2 is 1.86 bits per heavy atom. The third kappa shape index (κ3) is 4.31. The van der Waals surface area contributed by atoms with E-state index < -0.39 is 0 Å². The highest BCUT2D eigenvalue weighted by atomic mass is 16.1. The Morgan fingerprint density at radius 3 is 2.38 bits per heavy atom. The predicted octanol–water partition coefficient (Wildman–Crippen LogP) is 3.20. The van der Waals surface area contributed by atoms with Crippen molar-refractivity contribution in [3.63, 3.8) is 0 Å². The molecule has 3 nitrogen and oxygen atoms in total.